The largest absolute Gasteiger partial charge is 0.467 e. The SMILES string of the molecule is Cc1nc(C)c(C(C)NC(C)C(=O)NCc2ccco2)s1. The molecule has 2 aromatic heterocycles. The minimum Gasteiger partial charge on any atom is -0.467 e. The molecule has 0 bridgehead atoms. The molecule has 0 aliphatic rings. The molecule has 6 heteroatoms. The van der Waals surface area contributed by atoms with Crippen molar-refractivity contribution in [3.8, 4) is 0 Å². The second-order valence-corrected chi connectivity index (χ2v) is 6.32. The van der Waals surface area contributed by atoms with Gasteiger partial charge in [0.1, 0.15) is 5.76 Å². The Morgan fingerprint density at radius 3 is 2.76 bits per heavy atom. The number of nitrogens with one attached hydrogen (secondary N) is 2. The van der Waals surface area contributed by atoms with Gasteiger partial charge in [-0.15, -0.1) is 11.3 Å². The van der Waals surface area contributed by atoms with E-state index in [0.717, 1.165) is 16.5 Å². The molecule has 2 heterocycles. The van der Waals surface area contributed by atoms with Gasteiger partial charge >= 0.3 is 0 Å². The van der Waals surface area contributed by atoms with Gasteiger partial charge in [-0.3, -0.25) is 10.1 Å². The standard InChI is InChI=1S/C15H21N3O2S/c1-9(14-10(2)18-12(4)21-14)17-11(3)15(19)16-8-13-6-5-7-20-13/h5-7,9,11,17H,8H2,1-4H3,(H,16,19). The Morgan fingerprint density at radius 2 is 2.19 bits per heavy atom. The van der Waals surface area contributed by atoms with Crippen molar-refractivity contribution in [1.82, 2.24) is 15.6 Å². The molecule has 0 saturated carbocycles. The number of amides is 1. The van der Waals surface area contributed by atoms with Crippen LogP contribution in [0.2, 0.25) is 0 Å². The molecule has 0 fully saturated rings. The fourth-order valence-electron chi connectivity index (χ4n) is 2.22. The van der Waals surface area contributed by atoms with E-state index in [0.29, 0.717) is 6.54 Å². The smallest absolute Gasteiger partial charge is 0.237 e. The van der Waals surface area contributed by atoms with Crippen molar-refractivity contribution < 1.29 is 9.21 Å². The van der Waals surface area contributed by atoms with Crippen molar-refractivity contribution in [2.75, 3.05) is 0 Å². The predicted molar refractivity (Wildman–Crippen MR) is 83.2 cm³/mol. The zero-order valence-corrected chi connectivity index (χ0v) is 13.6. The quantitative estimate of drug-likeness (QED) is 0.861. The highest BCUT2D eigenvalue weighted by Crippen LogP contribution is 2.24. The van der Waals surface area contributed by atoms with Crippen molar-refractivity contribution in [3.05, 3.63) is 39.7 Å². The summed E-state index contributed by atoms with van der Waals surface area (Å²) in [5.74, 6) is 0.703. The third-order valence-corrected chi connectivity index (χ3v) is 4.50. The highest BCUT2D eigenvalue weighted by atomic mass is 32.1. The Bertz CT molecular complexity index is 592. The van der Waals surface area contributed by atoms with Crippen LogP contribution >= 0.6 is 11.3 Å². The Morgan fingerprint density at radius 1 is 1.43 bits per heavy atom. The molecule has 0 saturated heterocycles. The summed E-state index contributed by atoms with van der Waals surface area (Å²) >= 11 is 1.67. The van der Waals surface area contributed by atoms with E-state index in [9.17, 15) is 4.79 Å². The molecular weight excluding hydrogens is 286 g/mol. The lowest BCUT2D eigenvalue weighted by Crippen LogP contribution is -2.42. The third-order valence-electron chi connectivity index (χ3n) is 3.24. The number of rotatable bonds is 6. The number of hydrogen-bond acceptors (Lipinski definition) is 5. The summed E-state index contributed by atoms with van der Waals surface area (Å²) < 4.78 is 5.19. The number of hydrogen-bond donors (Lipinski definition) is 2. The molecule has 2 unspecified atom stereocenters. The number of thiazole rings is 1. The molecule has 2 aromatic rings. The maximum atomic E-state index is 12.1. The maximum absolute atomic E-state index is 12.1. The fourth-order valence-corrected chi connectivity index (χ4v) is 3.15. The van der Waals surface area contributed by atoms with Gasteiger partial charge in [0.15, 0.2) is 0 Å². The minimum absolute atomic E-state index is 0.0443. The number of aryl methyl sites for hydroxylation is 2. The number of nitrogens with zero attached hydrogens (tertiary/aromatic N) is 1. The van der Waals surface area contributed by atoms with Crippen molar-refractivity contribution in [2.45, 2.75) is 46.3 Å². The van der Waals surface area contributed by atoms with Crippen molar-refractivity contribution >= 4 is 17.2 Å². The number of aromatic nitrogens is 1. The monoisotopic (exact) mass is 307 g/mol. The lowest BCUT2D eigenvalue weighted by Gasteiger charge is -2.19. The highest BCUT2D eigenvalue weighted by molar-refractivity contribution is 7.11. The van der Waals surface area contributed by atoms with Crippen LogP contribution in [0.25, 0.3) is 0 Å². The topological polar surface area (TPSA) is 67.2 Å². The van der Waals surface area contributed by atoms with Crippen LogP contribution < -0.4 is 10.6 Å². The summed E-state index contributed by atoms with van der Waals surface area (Å²) in [6.45, 7) is 8.31. The van der Waals surface area contributed by atoms with Crippen molar-refractivity contribution in [3.63, 3.8) is 0 Å². The zero-order valence-electron chi connectivity index (χ0n) is 12.8. The maximum Gasteiger partial charge on any atom is 0.237 e. The van der Waals surface area contributed by atoms with Gasteiger partial charge in [0.2, 0.25) is 5.91 Å². The molecule has 2 atom stereocenters. The molecule has 114 valence electrons. The van der Waals surface area contributed by atoms with Gasteiger partial charge in [-0.2, -0.15) is 0 Å². The second kappa shape index (κ2) is 6.87. The summed E-state index contributed by atoms with van der Waals surface area (Å²) in [4.78, 5) is 17.7. The molecule has 0 aromatic carbocycles. The van der Waals surface area contributed by atoms with Crippen LogP contribution in [0.15, 0.2) is 22.8 Å². The van der Waals surface area contributed by atoms with E-state index in [4.69, 9.17) is 4.42 Å². The van der Waals surface area contributed by atoms with Gasteiger partial charge in [-0.1, -0.05) is 0 Å². The molecule has 0 spiro atoms. The van der Waals surface area contributed by atoms with Gasteiger partial charge in [0, 0.05) is 10.9 Å². The van der Waals surface area contributed by atoms with Crippen LogP contribution in [0.1, 0.15) is 41.2 Å². The van der Waals surface area contributed by atoms with Crippen molar-refractivity contribution in [1.29, 1.82) is 0 Å². The average Bonchev–Trinajstić information content (AvgIpc) is 3.05. The lowest BCUT2D eigenvalue weighted by atomic mass is 10.2. The van der Waals surface area contributed by atoms with Crippen molar-refractivity contribution in [2.24, 2.45) is 0 Å². The normalized spacial score (nSPS) is 13.9. The van der Waals surface area contributed by atoms with Crippen LogP contribution in [0.4, 0.5) is 0 Å². The molecule has 2 N–H and O–H groups in total. The molecule has 0 aliphatic carbocycles. The predicted octanol–water partition coefficient (Wildman–Crippen LogP) is 2.71. The van der Waals surface area contributed by atoms with Crippen LogP contribution in [-0.2, 0) is 11.3 Å². The second-order valence-electron chi connectivity index (χ2n) is 5.09. The molecule has 1 amide bonds. The van der Waals surface area contributed by atoms with Gasteiger partial charge in [-0.25, -0.2) is 4.98 Å². The minimum atomic E-state index is -0.281. The summed E-state index contributed by atoms with van der Waals surface area (Å²) in [6.07, 6.45) is 1.60. The summed E-state index contributed by atoms with van der Waals surface area (Å²) in [6, 6.07) is 3.46. The van der Waals surface area contributed by atoms with Gasteiger partial charge in [-0.05, 0) is 39.8 Å². The Balaban J connectivity index is 1.86. The molecule has 0 radical (unpaired) electrons. The average molecular weight is 307 g/mol. The number of carbonyl (C=O) groups is 1. The first-order valence-corrected chi connectivity index (χ1v) is 7.79. The van der Waals surface area contributed by atoms with E-state index in [2.05, 4.69) is 22.5 Å². The summed E-state index contributed by atoms with van der Waals surface area (Å²) in [5, 5.41) is 7.21. The zero-order chi connectivity index (χ0) is 15.4. The van der Waals surface area contributed by atoms with Gasteiger partial charge in [0.25, 0.3) is 0 Å². The van der Waals surface area contributed by atoms with E-state index >= 15 is 0 Å². The Kier molecular flexibility index (Phi) is 5.14. The van der Waals surface area contributed by atoms with Crippen LogP contribution in [0.3, 0.4) is 0 Å². The summed E-state index contributed by atoms with van der Waals surface area (Å²) in [5.41, 5.74) is 1.03. The summed E-state index contributed by atoms with van der Waals surface area (Å²) in [7, 11) is 0. The molecule has 2 rings (SSSR count). The first-order valence-electron chi connectivity index (χ1n) is 6.97. The van der Waals surface area contributed by atoms with E-state index in [-0.39, 0.29) is 18.0 Å². The molecule has 0 aliphatic heterocycles. The number of carbonyl (C=O) groups excluding carboxylic acids is 1. The van der Waals surface area contributed by atoms with Gasteiger partial charge in [0.05, 0.1) is 29.6 Å². The highest BCUT2D eigenvalue weighted by Gasteiger charge is 2.19. The van der Waals surface area contributed by atoms with Crippen LogP contribution in [0, 0.1) is 13.8 Å². The van der Waals surface area contributed by atoms with E-state index < -0.39 is 0 Å². The molecule has 21 heavy (non-hydrogen) atoms. The molecular formula is C15H21N3O2S. The first kappa shape index (κ1) is 15.7. The van der Waals surface area contributed by atoms with E-state index in [1.54, 1.807) is 23.7 Å². The Labute approximate surface area is 128 Å². The lowest BCUT2D eigenvalue weighted by molar-refractivity contribution is -0.123. The van der Waals surface area contributed by atoms with E-state index in [1.165, 1.54) is 4.88 Å². The first-order chi connectivity index (χ1) is 9.97. The molecule has 5 nitrogen and oxygen atoms in total. The third kappa shape index (κ3) is 4.15. The number of furan rings is 1. The fraction of sp³-hybridized carbons (Fsp3) is 0.467. The van der Waals surface area contributed by atoms with Gasteiger partial charge < -0.3 is 9.73 Å². The van der Waals surface area contributed by atoms with Crippen LogP contribution in [0.5, 0.6) is 0 Å². The van der Waals surface area contributed by atoms with Crippen LogP contribution in [-0.4, -0.2) is 16.9 Å². The van der Waals surface area contributed by atoms with E-state index in [1.807, 2.05) is 26.8 Å². The Hall–Kier alpha value is -1.66.